The highest BCUT2D eigenvalue weighted by Crippen LogP contribution is 2.25. The van der Waals surface area contributed by atoms with E-state index in [-0.39, 0.29) is 12.4 Å². The summed E-state index contributed by atoms with van der Waals surface area (Å²) in [6.45, 7) is 6.13. The molecule has 0 fully saturated rings. The van der Waals surface area contributed by atoms with E-state index in [0.29, 0.717) is 0 Å². The van der Waals surface area contributed by atoms with Crippen molar-refractivity contribution in [2.45, 2.75) is 39.6 Å². The molecule has 2 atom stereocenters. The van der Waals surface area contributed by atoms with Crippen LogP contribution in [0.1, 0.15) is 31.0 Å². The molecule has 1 aliphatic rings. The van der Waals surface area contributed by atoms with Crippen molar-refractivity contribution in [3.8, 4) is 0 Å². The van der Waals surface area contributed by atoms with Gasteiger partial charge < -0.3 is 9.47 Å². The Hall–Kier alpha value is -0.970. The lowest BCUT2D eigenvalue weighted by Gasteiger charge is -2.28. The third kappa shape index (κ3) is 3.07. The normalized spacial score (nSPS) is 25.1. The monoisotopic (exact) mass is 265 g/mol. The van der Waals surface area contributed by atoms with Crippen LogP contribution in [0.25, 0.3) is 6.08 Å². The van der Waals surface area contributed by atoms with Crippen molar-refractivity contribution in [1.82, 2.24) is 4.98 Å². The maximum Gasteiger partial charge on any atom is 0.179 e. The quantitative estimate of drug-likeness (QED) is 0.783. The summed E-state index contributed by atoms with van der Waals surface area (Å²) in [5, 5.41) is 3.15. The van der Waals surface area contributed by atoms with E-state index in [4.69, 9.17) is 9.47 Å². The van der Waals surface area contributed by atoms with E-state index in [1.54, 1.807) is 18.4 Å². The maximum atomic E-state index is 5.91. The van der Waals surface area contributed by atoms with Gasteiger partial charge in [-0.15, -0.1) is 11.3 Å². The zero-order valence-corrected chi connectivity index (χ0v) is 12.1. The molecule has 3 nitrogen and oxygen atoms in total. The maximum absolute atomic E-state index is 5.91. The second-order valence-corrected chi connectivity index (χ2v) is 5.62. The fourth-order valence-electron chi connectivity index (χ4n) is 2.01. The lowest BCUT2D eigenvalue weighted by atomic mass is 10.0. The number of ether oxygens (including phenoxy) is 2. The summed E-state index contributed by atoms with van der Waals surface area (Å²) in [5.74, 6) is 0. The molecule has 2 heterocycles. The standard InChI is InChI=1S/C14H19NO2S/c1-9-5-6-13(17-14(9)16-4)10(2)7-12-8-18-11(3)15-12/h5,7-8,13-14H,6H2,1-4H3/b10-7+/t13-,14-/m0/s1. The fourth-order valence-corrected chi connectivity index (χ4v) is 2.58. The van der Waals surface area contributed by atoms with Crippen LogP contribution in [-0.2, 0) is 9.47 Å². The summed E-state index contributed by atoms with van der Waals surface area (Å²) in [6, 6.07) is 0. The van der Waals surface area contributed by atoms with E-state index in [2.05, 4.69) is 29.4 Å². The highest BCUT2D eigenvalue weighted by molar-refractivity contribution is 7.09. The Bertz CT molecular complexity index is 476. The Balaban J connectivity index is 2.10. The third-order valence-corrected chi connectivity index (χ3v) is 3.84. The summed E-state index contributed by atoms with van der Waals surface area (Å²) in [6.07, 6.45) is 5.04. The van der Waals surface area contributed by atoms with Crippen LogP contribution in [-0.4, -0.2) is 24.5 Å². The molecule has 1 aromatic heterocycles. The first kappa shape index (κ1) is 13.5. The molecule has 0 aromatic carbocycles. The van der Waals surface area contributed by atoms with Crippen molar-refractivity contribution >= 4 is 17.4 Å². The molecule has 1 aliphatic heterocycles. The second kappa shape index (κ2) is 5.78. The van der Waals surface area contributed by atoms with Gasteiger partial charge in [-0.05, 0) is 44.4 Å². The summed E-state index contributed by atoms with van der Waals surface area (Å²) >= 11 is 1.67. The van der Waals surface area contributed by atoms with Crippen LogP contribution in [0.3, 0.4) is 0 Å². The van der Waals surface area contributed by atoms with E-state index < -0.39 is 0 Å². The summed E-state index contributed by atoms with van der Waals surface area (Å²) in [7, 11) is 1.67. The molecule has 0 saturated carbocycles. The average molecular weight is 265 g/mol. The first-order valence-electron chi connectivity index (χ1n) is 6.05. The van der Waals surface area contributed by atoms with Crippen LogP contribution < -0.4 is 0 Å². The highest BCUT2D eigenvalue weighted by atomic mass is 32.1. The Morgan fingerprint density at radius 2 is 2.33 bits per heavy atom. The van der Waals surface area contributed by atoms with Crippen LogP contribution in [0.2, 0.25) is 0 Å². The van der Waals surface area contributed by atoms with Gasteiger partial charge in [0.2, 0.25) is 0 Å². The molecule has 98 valence electrons. The van der Waals surface area contributed by atoms with Crippen LogP contribution >= 0.6 is 11.3 Å². The molecule has 0 bridgehead atoms. The van der Waals surface area contributed by atoms with E-state index in [1.165, 1.54) is 5.57 Å². The SMILES string of the molecule is CO[C@H]1O[C@H](/C(C)=C/c2csc(C)n2)CC=C1C. The van der Waals surface area contributed by atoms with Crippen molar-refractivity contribution in [3.63, 3.8) is 0 Å². The number of nitrogens with zero attached hydrogens (tertiary/aromatic N) is 1. The van der Waals surface area contributed by atoms with Gasteiger partial charge in [0.15, 0.2) is 6.29 Å². The minimum atomic E-state index is -0.218. The van der Waals surface area contributed by atoms with Crippen molar-refractivity contribution in [1.29, 1.82) is 0 Å². The average Bonchev–Trinajstić information content (AvgIpc) is 2.75. The summed E-state index contributed by atoms with van der Waals surface area (Å²) < 4.78 is 11.2. The second-order valence-electron chi connectivity index (χ2n) is 4.56. The lowest BCUT2D eigenvalue weighted by molar-refractivity contribution is -0.128. The van der Waals surface area contributed by atoms with Crippen molar-refractivity contribution in [2.75, 3.05) is 7.11 Å². The van der Waals surface area contributed by atoms with E-state index in [0.717, 1.165) is 22.7 Å². The molecule has 0 spiro atoms. The Labute approximate surface area is 112 Å². The number of hydrogen-bond donors (Lipinski definition) is 0. The van der Waals surface area contributed by atoms with Crippen LogP contribution in [0.5, 0.6) is 0 Å². The highest BCUT2D eigenvalue weighted by Gasteiger charge is 2.23. The van der Waals surface area contributed by atoms with E-state index >= 15 is 0 Å². The fraction of sp³-hybridized carbons (Fsp3) is 0.500. The van der Waals surface area contributed by atoms with Crippen LogP contribution in [0, 0.1) is 6.92 Å². The summed E-state index contributed by atoms with van der Waals surface area (Å²) in [5.41, 5.74) is 3.34. The van der Waals surface area contributed by atoms with E-state index in [1.807, 2.05) is 13.8 Å². The van der Waals surface area contributed by atoms with Gasteiger partial charge in [0.25, 0.3) is 0 Å². The van der Waals surface area contributed by atoms with Gasteiger partial charge in [0.1, 0.15) is 0 Å². The van der Waals surface area contributed by atoms with Gasteiger partial charge in [-0.2, -0.15) is 0 Å². The molecule has 18 heavy (non-hydrogen) atoms. The number of methoxy groups -OCH3 is 1. The predicted octanol–water partition coefficient (Wildman–Crippen LogP) is 3.56. The zero-order chi connectivity index (χ0) is 13.1. The van der Waals surface area contributed by atoms with E-state index in [9.17, 15) is 0 Å². The van der Waals surface area contributed by atoms with Crippen molar-refractivity contribution in [2.24, 2.45) is 0 Å². The molecule has 0 aliphatic carbocycles. The number of aryl methyl sites for hydroxylation is 1. The molecule has 0 N–H and O–H groups in total. The Morgan fingerprint density at radius 1 is 1.56 bits per heavy atom. The largest absolute Gasteiger partial charge is 0.352 e. The minimum Gasteiger partial charge on any atom is -0.352 e. The molecular formula is C14H19NO2S. The Kier molecular flexibility index (Phi) is 4.32. The first-order valence-corrected chi connectivity index (χ1v) is 6.93. The van der Waals surface area contributed by atoms with Gasteiger partial charge in [0.05, 0.1) is 16.8 Å². The lowest BCUT2D eigenvalue weighted by Crippen LogP contribution is -2.29. The molecule has 0 radical (unpaired) electrons. The molecule has 4 heteroatoms. The molecule has 0 amide bonds. The molecule has 0 saturated heterocycles. The van der Waals surface area contributed by atoms with Gasteiger partial charge >= 0.3 is 0 Å². The topological polar surface area (TPSA) is 31.4 Å². The van der Waals surface area contributed by atoms with Crippen molar-refractivity contribution < 1.29 is 9.47 Å². The van der Waals surface area contributed by atoms with Gasteiger partial charge in [0, 0.05) is 12.5 Å². The molecule has 2 rings (SSSR count). The smallest absolute Gasteiger partial charge is 0.179 e. The first-order chi connectivity index (χ1) is 8.60. The minimum absolute atomic E-state index is 0.0839. The van der Waals surface area contributed by atoms with Crippen molar-refractivity contribution in [3.05, 3.63) is 33.3 Å². The number of hydrogen-bond acceptors (Lipinski definition) is 4. The third-order valence-electron chi connectivity index (χ3n) is 3.05. The Morgan fingerprint density at radius 3 is 2.94 bits per heavy atom. The predicted molar refractivity (Wildman–Crippen MR) is 74.5 cm³/mol. The van der Waals surface area contributed by atoms with Gasteiger partial charge in [-0.3, -0.25) is 0 Å². The zero-order valence-electron chi connectivity index (χ0n) is 11.3. The number of aromatic nitrogens is 1. The van der Waals surface area contributed by atoms with Crippen LogP contribution in [0.4, 0.5) is 0 Å². The number of thiazole rings is 1. The van der Waals surface area contributed by atoms with Crippen LogP contribution in [0.15, 0.2) is 22.6 Å². The van der Waals surface area contributed by atoms with Gasteiger partial charge in [-0.25, -0.2) is 4.98 Å². The molecule has 0 unspecified atom stereocenters. The summed E-state index contributed by atoms with van der Waals surface area (Å²) in [4.78, 5) is 4.44. The number of rotatable bonds is 3. The molecular weight excluding hydrogens is 246 g/mol. The van der Waals surface area contributed by atoms with Gasteiger partial charge in [-0.1, -0.05) is 6.08 Å². The molecule has 1 aromatic rings.